The number of nitrogens with one attached hydrogen (secondary N) is 1. The van der Waals surface area contributed by atoms with Crippen molar-refractivity contribution in [3.8, 4) is 11.5 Å². The Hall–Kier alpha value is -3.54. The van der Waals surface area contributed by atoms with Gasteiger partial charge in [-0.3, -0.25) is 4.79 Å². The highest BCUT2D eigenvalue weighted by molar-refractivity contribution is 5.78. The number of hydrogen-bond donors (Lipinski definition) is 0. The summed E-state index contributed by atoms with van der Waals surface area (Å²) >= 11 is 0. The first-order chi connectivity index (χ1) is 14.8. The monoisotopic (exact) mass is 404 g/mol. The van der Waals surface area contributed by atoms with E-state index in [1.165, 1.54) is 5.69 Å². The van der Waals surface area contributed by atoms with Gasteiger partial charge in [0.2, 0.25) is 0 Å². The molecule has 154 valence electrons. The Morgan fingerprint density at radius 1 is 0.800 bits per heavy atom. The highest BCUT2D eigenvalue weighted by atomic mass is 16.5. The van der Waals surface area contributed by atoms with Gasteiger partial charge in [0.05, 0.1) is 0 Å². The third-order valence-corrected chi connectivity index (χ3v) is 5.13. The van der Waals surface area contributed by atoms with Crippen molar-refractivity contribution in [2.24, 2.45) is 0 Å². The molecule has 0 spiro atoms. The molecule has 1 amide bonds. The normalized spacial score (nSPS) is 13.7. The zero-order valence-electron chi connectivity index (χ0n) is 16.9. The molecule has 0 aliphatic carbocycles. The zero-order chi connectivity index (χ0) is 20.6. The number of carbonyl (C=O) groups excluding carboxylic acids is 1. The van der Waals surface area contributed by atoms with Gasteiger partial charge in [0.15, 0.2) is 19.0 Å². The molecular formula is C24H26N3O3+. The molecule has 1 aliphatic heterocycles. The summed E-state index contributed by atoms with van der Waals surface area (Å²) in [6.45, 7) is 3.61. The van der Waals surface area contributed by atoms with Crippen molar-refractivity contribution in [2.75, 3.05) is 37.7 Å². The first kappa shape index (κ1) is 19.8. The van der Waals surface area contributed by atoms with E-state index in [1.54, 1.807) is 0 Å². The van der Waals surface area contributed by atoms with Gasteiger partial charge in [0.25, 0.3) is 5.91 Å². The molecule has 1 aliphatic rings. The van der Waals surface area contributed by atoms with Gasteiger partial charge in [-0.25, -0.2) is 4.98 Å². The van der Waals surface area contributed by atoms with Gasteiger partial charge < -0.3 is 19.3 Å². The number of aromatic nitrogens is 1. The molecule has 2 heterocycles. The molecule has 1 fully saturated rings. The van der Waals surface area contributed by atoms with Crippen molar-refractivity contribution in [3.05, 3.63) is 84.7 Å². The minimum Gasteiger partial charge on any atom is -0.489 e. The first-order valence-electron chi connectivity index (χ1n) is 10.2. The summed E-state index contributed by atoms with van der Waals surface area (Å²) in [7, 11) is 0. The van der Waals surface area contributed by atoms with E-state index in [4.69, 9.17) is 9.47 Å². The largest absolute Gasteiger partial charge is 0.489 e. The van der Waals surface area contributed by atoms with E-state index < -0.39 is 0 Å². The Kier molecular flexibility index (Phi) is 6.44. The van der Waals surface area contributed by atoms with Gasteiger partial charge in [0, 0.05) is 44.0 Å². The molecule has 0 bridgehead atoms. The topological polar surface area (TPSA) is 56.2 Å². The fourth-order valence-electron chi connectivity index (χ4n) is 3.41. The van der Waals surface area contributed by atoms with Gasteiger partial charge in [-0.1, -0.05) is 30.3 Å². The second-order valence-electron chi connectivity index (χ2n) is 7.16. The Labute approximate surface area is 176 Å². The number of amides is 1. The van der Waals surface area contributed by atoms with Crippen molar-refractivity contribution in [2.45, 2.75) is 6.61 Å². The molecular weight excluding hydrogens is 378 g/mol. The summed E-state index contributed by atoms with van der Waals surface area (Å²) in [5, 5.41) is 0. The number of pyridine rings is 1. The first-order valence-corrected chi connectivity index (χ1v) is 10.2. The molecule has 1 saturated heterocycles. The van der Waals surface area contributed by atoms with Crippen LogP contribution in [0.25, 0.3) is 0 Å². The number of benzene rings is 2. The number of hydrogen-bond acceptors (Lipinski definition) is 4. The molecule has 4 rings (SSSR count). The van der Waals surface area contributed by atoms with Crippen molar-refractivity contribution < 1.29 is 19.3 Å². The molecule has 3 aromatic rings. The summed E-state index contributed by atoms with van der Waals surface area (Å²) in [4.78, 5) is 19.7. The van der Waals surface area contributed by atoms with E-state index in [2.05, 4.69) is 9.88 Å². The van der Waals surface area contributed by atoms with Crippen LogP contribution in [0.3, 0.4) is 0 Å². The lowest BCUT2D eigenvalue weighted by Crippen LogP contribution is -2.50. The standard InChI is InChI=1S/C24H25N3O3/c28-24(27-16-14-26(15-17-27)21-10-12-25-13-11-21)19-30-23-8-6-22(7-9-23)29-18-20-4-2-1-3-5-20/h1-13H,14-19H2/p+1. The molecule has 6 nitrogen and oxygen atoms in total. The van der Waals surface area contributed by atoms with Crippen molar-refractivity contribution in [3.63, 3.8) is 0 Å². The van der Waals surface area contributed by atoms with E-state index in [0.29, 0.717) is 25.4 Å². The van der Waals surface area contributed by atoms with Crippen LogP contribution >= 0.6 is 0 Å². The van der Waals surface area contributed by atoms with Crippen LogP contribution in [0, 0.1) is 0 Å². The summed E-state index contributed by atoms with van der Waals surface area (Å²) in [6, 6.07) is 21.5. The van der Waals surface area contributed by atoms with E-state index in [0.717, 1.165) is 24.4 Å². The van der Waals surface area contributed by atoms with Gasteiger partial charge in [0.1, 0.15) is 18.1 Å². The Bertz CT molecular complexity index is 925. The highest BCUT2D eigenvalue weighted by Crippen LogP contribution is 2.19. The van der Waals surface area contributed by atoms with E-state index in [9.17, 15) is 4.79 Å². The summed E-state index contributed by atoms with van der Waals surface area (Å²) in [5.41, 5.74) is 2.29. The molecule has 30 heavy (non-hydrogen) atoms. The van der Waals surface area contributed by atoms with Crippen molar-refractivity contribution in [1.82, 2.24) is 4.90 Å². The second kappa shape index (κ2) is 9.78. The van der Waals surface area contributed by atoms with Gasteiger partial charge in [-0.2, -0.15) is 0 Å². The SMILES string of the molecule is O=C(COc1ccc(OCc2ccccc2)cc1)N1CCN(c2cc[nH+]cc2)CC1. The maximum atomic E-state index is 12.5. The lowest BCUT2D eigenvalue weighted by Gasteiger charge is -2.35. The third kappa shape index (κ3) is 5.29. The van der Waals surface area contributed by atoms with Crippen LogP contribution in [-0.2, 0) is 11.4 Å². The van der Waals surface area contributed by atoms with Crippen LogP contribution in [0.4, 0.5) is 5.69 Å². The van der Waals surface area contributed by atoms with Crippen LogP contribution in [0.5, 0.6) is 11.5 Å². The Morgan fingerprint density at radius 2 is 1.43 bits per heavy atom. The molecule has 0 radical (unpaired) electrons. The zero-order valence-corrected chi connectivity index (χ0v) is 16.9. The average molecular weight is 404 g/mol. The van der Waals surface area contributed by atoms with Crippen LogP contribution in [0.2, 0.25) is 0 Å². The quantitative estimate of drug-likeness (QED) is 0.608. The fraction of sp³-hybridized carbons (Fsp3) is 0.250. The average Bonchev–Trinajstić information content (AvgIpc) is 2.83. The number of anilines is 1. The number of piperazine rings is 1. The smallest absolute Gasteiger partial charge is 0.260 e. The summed E-state index contributed by atoms with van der Waals surface area (Å²) < 4.78 is 11.5. The number of H-pyrrole nitrogens is 1. The molecule has 0 unspecified atom stereocenters. The van der Waals surface area contributed by atoms with Crippen LogP contribution in [0.15, 0.2) is 79.1 Å². The van der Waals surface area contributed by atoms with E-state index in [-0.39, 0.29) is 12.5 Å². The lowest BCUT2D eigenvalue weighted by atomic mass is 10.2. The van der Waals surface area contributed by atoms with Gasteiger partial charge in [-0.05, 0) is 29.8 Å². The van der Waals surface area contributed by atoms with Crippen LogP contribution in [0.1, 0.15) is 5.56 Å². The van der Waals surface area contributed by atoms with E-state index in [1.807, 2.05) is 84.0 Å². The van der Waals surface area contributed by atoms with Gasteiger partial charge >= 0.3 is 0 Å². The van der Waals surface area contributed by atoms with E-state index >= 15 is 0 Å². The molecule has 6 heteroatoms. The number of nitrogens with zero attached hydrogens (tertiary/aromatic N) is 2. The predicted molar refractivity (Wildman–Crippen MR) is 115 cm³/mol. The number of aromatic amines is 1. The Balaban J connectivity index is 1.20. The maximum Gasteiger partial charge on any atom is 0.260 e. The maximum absolute atomic E-state index is 12.5. The second-order valence-corrected chi connectivity index (χ2v) is 7.16. The summed E-state index contributed by atoms with van der Waals surface area (Å²) in [5.74, 6) is 1.45. The molecule has 1 aromatic heterocycles. The molecule has 0 saturated carbocycles. The van der Waals surface area contributed by atoms with Crippen LogP contribution in [-0.4, -0.2) is 43.6 Å². The molecule has 0 atom stereocenters. The molecule has 1 N–H and O–H groups in total. The molecule has 2 aromatic carbocycles. The van der Waals surface area contributed by atoms with Gasteiger partial charge in [-0.15, -0.1) is 0 Å². The number of carbonyl (C=O) groups is 1. The number of rotatable bonds is 7. The Morgan fingerprint density at radius 3 is 2.10 bits per heavy atom. The lowest BCUT2D eigenvalue weighted by molar-refractivity contribution is -0.377. The minimum absolute atomic E-state index is 0.0143. The van der Waals surface area contributed by atoms with Crippen molar-refractivity contribution in [1.29, 1.82) is 0 Å². The minimum atomic E-state index is 0.0143. The fourth-order valence-corrected chi connectivity index (χ4v) is 3.41. The predicted octanol–water partition coefficient (Wildman–Crippen LogP) is 2.81. The number of ether oxygens (including phenoxy) is 2. The summed E-state index contributed by atoms with van der Waals surface area (Å²) in [6.07, 6.45) is 3.83. The highest BCUT2D eigenvalue weighted by Gasteiger charge is 2.21. The third-order valence-electron chi connectivity index (χ3n) is 5.13. The van der Waals surface area contributed by atoms with Crippen molar-refractivity contribution >= 4 is 11.6 Å². The van der Waals surface area contributed by atoms with Crippen LogP contribution < -0.4 is 19.4 Å².